The van der Waals surface area contributed by atoms with Crippen LogP contribution in [0.2, 0.25) is 0 Å². The Morgan fingerprint density at radius 1 is 1.10 bits per heavy atom. The van der Waals surface area contributed by atoms with Crippen molar-refractivity contribution >= 4 is 17.9 Å². The summed E-state index contributed by atoms with van der Waals surface area (Å²) in [7, 11) is 0. The molecule has 5 aliphatic rings. The van der Waals surface area contributed by atoms with Crippen LogP contribution in [-0.4, -0.2) is 24.5 Å². The topological polar surface area (TPSA) is 69.7 Å². The molecule has 0 unspecified atom stereocenters. The van der Waals surface area contributed by atoms with Gasteiger partial charge in [0.15, 0.2) is 0 Å². The lowest BCUT2D eigenvalue weighted by Gasteiger charge is -2.53. The van der Waals surface area contributed by atoms with Crippen molar-refractivity contribution in [1.82, 2.24) is 0 Å². The monoisotopic (exact) mass is 274 g/mol. The molecule has 20 heavy (non-hydrogen) atoms. The van der Waals surface area contributed by atoms with Gasteiger partial charge in [0, 0.05) is 6.92 Å². The summed E-state index contributed by atoms with van der Waals surface area (Å²) in [6.45, 7) is 1.67. The maximum Gasteiger partial charge on any atom is 0.318 e. The third kappa shape index (κ3) is 1.35. The van der Waals surface area contributed by atoms with Gasteiger partial charge in [0.05, 0.1) is 11.8 Å². The van der Waals surface area contributed by atoms with Gasteiger partial charge < -0.3 is 9.47 Å². The molecule has 1 saturated heterocycles. The molecule has 0 N–H and O–H groups in total. The Labute approximate surface area is 115 Å². The van der Waals surface area contributed by atoms with E-state index >= 15 is 0 Å². The number of hydrogen-bond donors (Lipinski definition) is 0. The second kappa shape index (κ2) is 3.81. The summed E-state index contributed by atoms with van der Waals surface area (Å²) in [6.07, 6.45) is 6.17. The SMILES string of the molecule is CC(=O)OCC1=C[C@@H]2[C@H]3C=C[C@@H]([C@H]12)[C@H]1C(=O)OC(=O)[C@@H]31. The molecular formula is C15H14O5. The number of esters is 3. The van der Waals surface area contributed by atoms with Crippen LogP contribution in [0.3, 0.4) is 0 Å². The lowest BCUT2D eigenvalue weighted by molar-refractivity contribution is -0.154. The van der Waals surface area contributed by atoms with Gasteiger partial charge in [-0.1, -0.05) is 18.2 Å². The van der Waals surface area contributed by atoms with E-state index < -0.39 is 5.97 Å². The summed E-state index contributed by atoms with van der Waals surface area (Å²) in [5.41, 5.74) is 1.06. The van der Waals surface area contributed by atoms with Crippen LogP contribution in [0.25, 0.3) is 0 Å². The fraction of sp³-hybridized carbons (Fsp3) is 0.533. The predicted octanol–water partition coefficient (Wildman–Crippen LogP) is 0.853. The number of carbonyl (C=O) groups excluding carboxylic acids is 3. The zero-order valence-electron chi connectivity index (χ0n) is 10.9. The fourth-order valence-corrected chi connectivity index (χ4v) is 4.30. The molecule has 6 atom stereocenters. The zero-order chi connectivity index (χ0) is 14.0. The van der Waals surface area contributed by atoms with E-state index in [0.717, 1.165) is 5.57 Å². The Kier molecular flexibility index (Phi) is 2.26. The van der Waals surface area contributed by atoms with Gasteiger partial charge in [0.1, 0.15) is 6.61 Å². The minimum atomic E-state index is -0.392. The molecule has 0 aromatic heterocycles. The number of cyclic esters (lactones) is 2. The minimum Gasteiger partial charge on any atom is -0.461 e. The smallest absolute Gasteiger partial charge is 0.318 e. The lowest BCUT2D eigenvalue weighted by atomic mass is 9.48. The van der Waals surface area contributed by atoms with Crippen molar-refractivity contribution in [2.75, 3.05) is 6.61 Å². The van der Waals surface area contributed by atoms with Gasteiger partial charge in [0.25, 0.3) is 0 Å². The molecule has 0 spiro atoms. The van der Waals surface area contributed by atoms with E-state index in [1.54, 1.807) is 0 Å². The summed E-state index contributed by atoms with van der Waals surface area (Å²) in [5.74, 6) is -1.20. The predicted molar refractivity (Wildman–Crippen MR) is 65.9 cm³/mol. The quantitative estimate of drug-likeness (QED) is 0.424. The highest BCUT2D eigenvalue weighted by Gasteiger charge is 2.63. The van der Waals surface area contributed by atoms with E-state index in [1.807, 2.05) is 12.2 Å². The van der Waals surface area contributed by atoms with Crippen LogP contribution in [-0.2, 0) is 23.9 Å². The van der Waals surface area contributed by atoms with E-state index in [0.29, 0.717) is 0 Å². The first-order chi connectivity index (χ1) is 9.58. The third-order valence-electron chi connectivity index (χ3n) is 5.07. The standard InChI is InChI=1S/C15H14O5/c1-6(16)19-5-7-4-10-8-2-3-9(11(7)10)13-12(8)14(17)20-15(13)18/h2-4,8-13H,5H2,1H3/t8-,9+,10-,11+,12+,13-/m1/s1. The average Bonchev–Trinajstić information content (AvgIpc) is 2.66. The molecule has 1 aliphatic heterocycles. The molecule has 2 bridgehead atoms. The molecule has 5 nitrogen and oxygen atoms in total. The van der Waals surface area contributed by atoms with Crippen LogP contribution >= 0.6 is 0 Å². The van der Waals surface area contributed by atoms with Gasteiger partial charge in [0.2, 0.25) is 0 Å². The van der Waals surface area contributed by atoms with Gasteiger partial charge >= 0.3 is 17.9 Å². The molecule has 1 saturated carbocycles. The second-order valence-corrected chi connectivity index (χ2v) is 5.96. The molecule has 104 valence electrons. The third-order valence-corrected chi connectivity index (χ3v) is 5.07. The van der Waals surface area contributed by atoms with E-state index in [4.69, 9.17) is 9.47 Å². The number of hydrogen-bond acceptors (Lipinski definition) is 5. The van der Waals surface area contributed by atoms with Gasteiger partial charge in [-0.3, -0.25) is 14.4 Å². The molecule has 5 rings (SSSR count). The Bertz CT molecular complexity index is 587. The molecule has 0 amide bonds. The van der Waals surface area contributed by atoms with Crippen molar-refractivity contribution in [3.63, 3.8) is 0 Å². The number of ether oxygens (including phenoxy) is 2. The molecule has 1 heterocycles. The molecular weight excluding hydrogens is 260 g/mol. The summed E-state index contributed by atoms with van der Waals surface area (Å²) in [6, 6.07) is 0. The number of rotatable bonds is 2. The van der Waals surface area contributed by atoms with Crippen LogP contribution < -0.4 is 0 Å². The highest BCUT2D eigenvalue weighted by Crippen LogP contribution is 2.60. The van der Waals surface area contributed by atoms with Crippen molar-refractivity contribution in [3.05, 3.63) is 23.8 Å². The molecule has 4 aliphatic carbocycles. The van der Waals surface area contributed by atoms with Crippen molar-refractivity contribution in [2.24, 2.45) is 35.5 Å². The maximum absolute atomic E-state index is 11.9. The van der Waals surface area contributed by atoms with Crippen LogP contribution in [0.5, 0.6) is 0 Å². The van der Waals surface area contributed by atoms with Crippen molar-refractivity contribution in [2.45, 2.75) is 6.92 Å². The summed E-state index contributed by atoms with van der Waals surface area (Å²) >= 11 is 0. The van der Waals surface area contributed by atoms with Crippen LogP contribution in [0.1, 0.15) is 6.92 Å². The summed E-state index contributed by atoms with van der Waals surface area (Å²) in [5, 5.41) is 0. The maximum atomic E-state index is 11.9. The van der Waals surface area contributed by atoms with E-state index in [2.05, 4.69) is 6.08 Å². The molecule has 5 heteroatoms. The van der Waals surface area contributed by atoms with Crippen LogP contribution in [0.4, 0.5) is 0 Å². The average molecular weight is 274 g/mol. The zero-order valence-corrected chi connectivity index (χ0v) is 10.9. The first kappa shape index (κ1) is 11.9. The Morgan fingerprint density at radius 3 is 2.45 bits per heavy atom. The Hall–Kier alpha value is -1.91. The van der Waals surface area contributed by atoms with Crippen molar-refractivity contribution in [1.29, 1.82) is 0 Å². The summed E-state index contributed by atoms with van der Waals surface area (Å²) in [4.78, 5) is 34.6. The number of allylic oxidation sites excluding steroid dienone is 3. The number of carbonyl (C=O) groups is 3. The van der Waals surface area contributed by atoms with Crippen LogP contribution in [0, 0.1) is 35.5 Å². The van der Waals surface area contributed by atoms with Gasteiger partial charge in [-0.05, 0) is 29.2 Å². The van der Waals surface area contributed by atoms with E-state index in [-0.39, 0.29) is 54.1 Å². The Morgan fingerprint density at radius 2 is 1.75 bits per heavy atom. The highest BCUT2D eigenvalue weighted by atomic mass is 16.6. The molecule has 0 radical (unpaired) electrons. The molecule has 0 aromatic carbocycles. The van der Waals surface area contributed by atoms with Gasteiger partial charge in [-0.2, -0.15) is 0 Å². The van der Waals surface area contributed by atoms with Crippen molar-refractivity contribution < 1.29 is 23.9 Å². The minimum absolute atomic E-state index is 0.00417. The normalized spacial score (nSPS) is 43.4. The lowest BCUT2D eigenvalue weighted by Crippen LogP contribution is -2.53. The van der Waals surface area contributed by atoms with Gasteiger partial charge in [-0.15, -0.1) is 0 Å². The first-order valence-electron chi connectivity index (χ1n) is 6.86. The fourth-order valence-electron chi connectivity index (χ4n) is 4.30. The second-order valence-electron chi connectivity index (χ2n) is 5.96. The molecule has 0 aromatic rings. The Balaban J connectivity index is 1.63. The molecule has 2 fully saturated rings. The van der Waals surface area contributed by atoms with E-state index in [9.17, 15) is 14.4 Å². The highest BCUT2D eigenvalue weighted by molar-refractivity contribution is 5.98. The van der Waals surface area contributed by atoms with Crippen LogP contribution in [0.15, 0.2) is 23.8 Å². The van der Waals surface area contributed by atoms with E-state index in [1.165, 1.54) is 6.92 Å². The first-order valence-corrected chi connectivity index (χ1v) is 6.86. The van der Waals surface area contributed by atoms with Crippen molar-refractivity contribution in [3.8, 4) is 0 Å². The summed E-state index contributed by atoms with van der Waals surface area (Å²) < 4.78 is 9.87. The largest absolute Gasteiger partial charge is 0.461 e. The van der Waals surface area contributed by atoms with Gasteiger partial charge in [-0.25, -0.2) is 0 Å².